The van der Waals surface area contributed by atoms with Crippen molar-refractivity contribution in [1.29, 1.82) is 0 Å². The molecule has 0 radical (unpaired) electrons. The van der Waals surface area contributed by atoms with Gasteiger partial charge in [0.2, 0.25) is 5.91 Å². The van der Waals surface area contributed by atoms with Crippen LogP contribution in [0.15, 0.2) is 48.5 Å². The molecule has 51 heavy (non-hydrogen) atoms. The van der Waals surface area contributed by atoms with Crippen molar-refractivity contribution in [2.24, 2.45) is 5.92 Å². The third-order valence-corrected chi connectivity index (χ3v) is 8.64. The molecule has 6 rings (SSSR count). The molecule has 2 aliphatic rings. The second-order valence-corrected chi connectivity index (χ2v) is 13.1. The molecule has 0 saturated carbocycles. The Kier molecular flexibility index (Phi) is 8.95. The monoisotopic (exact) mass is 713 g/mol. The lowest BCUT2D eigenvalue weighted by molar-refractivity contribution is -0.142. The number of pyridine rings is 1. The van der Waals surface area contributed by atoms with Gasteiger partial charge in [-0.1, -0.05) is 25.0 Å². The zero-order valence-corrected chi connectivity index (χ0v) is 27.4. The normalized spacial score (nSPS) is 16.9. The average molecular weight is 714 g/mol. The number of carbonyl (C=O) groups excluding carboxylic acids is 2. The molecule has 0 spiro atoms. The van der Waals surface area contributed by atoms with Crippen molar-refractivity contribution in [3.05, 3.63) is 105 Å². The Morgan fingerprint density at radius 3 is 2.43 bits per heavy atom. The van der Waals surface area contributed by atoms with E-state index in [0.29, 0.717) is 33.0 Å². The molecule has 8 nitrogen and oxygen atoms in total. The predicted molar refractivity (Wildman–Crippen MR) is 169 cm³/mol. The zero-order chi connectivity index (χ0) is 37.0. The van der Waals surface area contributed by atoms with Crippen molar-refractivity contribution in [3.8, 4) is 23.0 Å². The summed E-state index contributed by atoms with van der Waals surface area (Å²) < 4.78 is 101. The van der Waals surface area contributed by atoms with Crippen LogP contribution < -0.4 is 10.6 Å². The number of nitrogens with one attached hydrogen (secondary N) is 2. The highest BCUT2D eigenvalue weighted by Gasteiger charge is 2.54. The minimum Gasteiger partial charge on any atom is -0.378 e. The number of aliphatic hydroxyl groups is 1. The first-order valence-electron chi connectivity index (χ1n) is 15.8. The first-order chi connectivity index (χ1) is 23.8. The van der Waals surface area contributed by atoms with Crippen LogP contribution in [0.3, 0.4) is 0 Å². The molecule has 2 aromatic carbocycles. The Labute approximate surface area is 287 Å². The highest BCUT2D eigenvalue weighted by Crippen LogP contribution is 2.49. The van der Waals surface area contributed by atoms with E-state index in [0.717, 1.165) is 19.1 Å². The summed E-state index contributed by atoms with van der Waals surface area (Å²) in [5, 5.41) is 18.9. The molecule has 3 N–H and O–H groups in total. The Bertz CT molecular complexity index is 2110. The van der Waals surface area contributed by atoms with Crippen LogP contribution in [-0.2, 0) is 42.8 Å². The van der Waals surface area contributed by atoms with Crippen molar-refractivity contribution in [2.75, 3.05) is 0 Å². The van der Waals surface area contributed by atoms with E-state index in [9.17, 15) is 36.6 Å². The Morgan fingerprint density at radius 2 is 1.76 bits per heavy atom. The third-order valence-electron chi connectivity index (χ3n) is 8.64. The number of alkyl halides is 5. The maximum atomic E-state index is 15.2. The van der Waals surface area contributed by atoms with Gasteiger partial charge in [0.1, 0.15) is 35.2 Å². The van der Waals surface area contributed by atoms with Crippen molar-refractivity contribution < 1.29 is 45.4 Å². The molecule has 0 bridgehead atoms. The summed E-state index contributed by atoms with van der Waals surface area (Å²) in [6.07, 6.45) is -5.99. The quantitative estimate of drug-likeness (QED) is 0.161. The van der Waals surface area contributed by atoms with Crippen LogP contribution in [0.4, 0.5) is 30.7 Å². The number of benzene rings is 2. The van der Waals surface area contributed by atoms with Crippen molar-refractivity contribution in [3.63, 3.8) is 0 Å². The Balaban J connectivity index is 1.48. The van der Waals surface area contributed by atoms with E-state index in [4.69, 9.17) is 0 Å². The minimum absolute atomic E-state index is 0.0494. The summed E-state index contributed by atoms with van der Waals surface area (Å²) in [5.74, 6) is -3.07. The SMILES string of the molecule is CC1Cc2c(C(F)(F)F)nn(CC(=O)NC(Cc3cc(F)cc(F)c3)c3nc(C#CC(C)(C)O)ccc3-c3cccc4c3CNC4=O)c2C1(F)F. The van der Waals surface area contributed by atoms with Gasteiger partial charge in [0.15, 0.2) is 5.69 Å². The molecule has 2 unspecified atom stereocenters. The van der Waals surface area contributed by atoms with Crippen LogP contribution in [-0.4, -0.2) is 37.3 Å². The van der Waals surface area contributed by atoms with Crippen LogP contribution >= 0.6 is 0 Å². The van der Waals surface area contributed by atoms with E-state index < -0.39 is 77.1 Å². The van der Waals surface area contributed by atoms with E-state index in [1.165, 1.54) is 19.9 Å². The minimum atomic E-state index is -5.06. The second kappa shape index (κ2) is 12.8. The molecular formula is C36H30F7N5O3. The molecule has 0 fully saturated rings. The van der Waals surface area contributed by atoms with Gasteiger partial charge in [0.05, 0.1) is 11.7 Å². The lowest BCUT2D eigenvalue weighted by Crippen LogP contribution is -2.35. The number of halogens is 7. The van der Waals surface area contributed by atoms with Gasteiger partial charge in [0, 0.05) is 35.2 Å². The van der Waals surface area contributed by atoms with E-state index in [-0.39, 0.29) is 35.8 Å². The molecular weight excluding hydrogens is 683 g/mol. The summed E-state index contributed by atoms with van der Waals surface area (Å²) in [7, 11) is 0. The number of rotatable bonds is 7. The summed E-state index contributed by atoms with van der Waals surface area (Å²) in [4.78, 5) is 30.9. The van der Waals surface area contributed by atoms with E-state index in [2.05, 4.69) is 32.6 Å². The van der Waals surface area contributed by atoms with Gasteiger partial charge < -0.3 is 15.7 Å². The number of hydrogen-bond acceptors (Lipinski definition) is 5. The molecule has 2 amide bonds. The molecule has 4 aromatic rings. The molecule has 0 saturated heterocycles. The number of carbonyl (C=O) groups is 2. The first kappa shape index (κ1) is 35.6. The van der Waals surface area contributed by atoms with Crippen LogP contribution in [0.25, 0.3) is 11.1 Å². The van der Waals surface area contributed by atoms with Crippen LogP contribution in [0.1, 0.15) is 76.6 Å². The van der Waals surface area contributed by atoms with Gasteiger partial charge in [0.25, 0.3) is 11.8 Å². The largest absolute Gasteiger partial charge is 0.435 e. The smallest absolute Gasteiger partial charge is 0.378 e. The number of hydrogen-bond donors (Lipinski definition) is 3. The van der Waals surface area contributed by atoms with Gasteiger partial charge in [-0.15, -0.1) is 0 Å². The molecule has 2 aromatic heterocycles. The highest BCUT2D eigenvalue weighted by atomic mass is 19.4. The molecule has 266 valence electrons. The summed E-state index contributed by atoms with van der Waals surface area (Å²) in [5.41, 5.74) is -2.59. The molecule has 1 aliphatic carbocycles. The van der Waals surface area contributed by atoms with Gasteiger partial charge in [-0.25, -0.2) is 13.8 Å². The molecule has 3 heterocycles. The van der Waals surface area contributed by atoms with E-state index >= 15 is 8.78 Å². The fourth-order valence-electron chi connectivity index (χ4n) is 6.39. The van der Waals surface area contributed by atoms with Crippen LogP contribution in [0.5, 0.6) is 0 Å². The van der Waals surface area contributed by atoms with Crippen LogP contribution in [0, 0.1) is 29.4 Å². The van der Waals surface area contributed by atoms with Crippen molar-refractivity contribution >= 4 is 11.8 Å². The van der Waals surface area contributed by atoms with E-state index in [1.807, 2.05) is 0 Å². The van der Waals surface area contributed by atoms with Crippen LogP contribution in [0.2, 0.25) is 0 Å². The lowest BCUT2D eigenvalue weighted by Gasteiger charge is -2.23. The van der Waals surface area contributed by atoms with Gasteiger partial charge in [-0.2, -0.15) is 27.1 Å². The van der Waals surface area contributed by atoms with Crippen molar-refractivity contribution in [2.45, 2.75) is 70.4 Å². The number of fused-ring (bicyclic) bond motifs is 2. The lowest BCUT2D eigenvalue weighted by atomic mass is 9.91. The number of aromatic nitrogens is 3. The molecule has 15 heteroatoms. The van der Waals surface area contributed by atoms with Crippen molar-refractivity contribution in [1.82, 2.24) is 25.4 Å². The summed E-state index contributed by atoms with van der Waals surface area (Å²) in [6, 6.07) is 9.43. The number of amides is 2. The summed E-state index contributed by atoms with van der Waals surface area (Å²) >= 11 is 0. The Morgan fingerprint density at radius 1 is 1.08 bits per heavy atom. The topological polar surface area (TPSA) is 109 Å². The maximum absolute atomic E-state index is 15.2. The van der Waals surface area contributed by atoms with E-state index in [1.54, 1.807) is 24.3 Å². The van der Waals surface area contributed by atoms with Gasteiger partial charge in [-0.05, 0) is 79.6 Å². The third kappa shape index (κ3) is 7.18. The van der Waals surface area contributed by atoms with Gasteiger partial charge >= 0.3 is 6.18 Å². The maximum Gasteiger partial charge on any atom is 0.435 e. The first-order valence-corrected chi connectivity index (χ1v) is 15.8. The standard InChI is InChI=1S/C36H30F7N5O3/c1-18-11-26-31(36(41,42)43)47-48(32(26)35(18,39)40)17-29(49)46-28(14-19-12-20(37)15-21(38)13-19)30-24(8-7-22(45-30)9-10-34(2,3)51)23-5-4-6-25-27(23)16-44-33(25)50/h4-8,12-13,15,18,28,51H,11,14,16-17H2,1-3H3,(H,44,50)(H,46,49). The summed E-state index contributed by atoms with van der Waals surface area (Å²) in [6.45, 7) is 3.07. The highest BCUT2D eigenvalue weighted by molar-refractivity contribution is 6.00. The fraction of sp³-hybridized carbons (Fsp3) is 0.333. The second-order valence-electron chi connectivity index (χ2n) is 13.1. The predicted octanol–water partition coefficient (Wildman–Crippen LogP) is 5.99. The number of nitrogens with zero attached hydrogens (tertiary/aromatic N) is 3. The fourth-order valence-corrected chi connectivity index (χ4v) is 6.39. The van der Waals surface area contributed by atoms with Gasteiger partial charge in [-0.3, -0.25) is 14.3 Å². The average Bonchev–Trinajstić information content (AvgIpc) is 3.66. The molecule has 1 aliphatic heterocycles. The molecule has 2 atom stereocenters. The zero-order valence-electron chi connectivity index (χ0n) is 27.4. The Hall–Kier alpha value is -5.23.